The molecule has 0 aliphatic carbocycles. The molecule has 0 N–H and O–H groups in total. The number of benzene rings is 2. The van der Waals surface area contributed by atoms with Crippen LogP contribution in [-0.2, 0) is 14.8 Å². The first-order valence-corrected chi connectivity index (χ1v) is 11.8. The molecule has 0 radical (unpaired) electrons. The van der Waals surface area contributed by atoms with Crippen molar-refractivity contribution in [2.75, 3.05) is 46.5 Å². The Morgan fingerprint density at radius 2 is 1.83 bits per heavy atom. The van der Waals surface area contributed by atoms with Crippen molar-refractivity contribution in [2.45, 2.75) is 11.8 Å². The highest BCUT2D eigenvalue weighted by atomic mass is 79.9. The number of rotatable bonds is 7. The number of nitrogens with zero attached hydrogens (tertiary/aromatic N) is 2. The number of carbonyl (C=O) groups is 1. The Bertz CT molecular complexity index is 989. The normalized spacial score (nSPS) is 15.0. The number of morpholine rings is 1. The van der Waals surface area contributed by atoms with Gasteiger partial charge in [-0.05, 0) is 53.2 Å². The number of carbonyl (C=O) groups excluding carboxylic acids is 1. The number of likely N-dealkylation sites (N-methyl/N-ethyl adjacent to an activating group) is 1. The number of ether oxygens (including phenoxy) is 2. The van der Waals surface area contributed by atoms with Crippen molar-refractivity contribution in [1.29, 1.82) is 0 Å². The van der Waals surface area contributed by atoms with Gasteiger partial charge in [0.25, 0.3) is 5.91 Å². The lowest BCUT2D eigenvalue weighted by Crippen LogP contribution is -2.40. The molecule has 1 saturated heterocycles. The van der Waals surface area contributed by atoms with Crippen molar-refractivity contribution >= 4 is 31.9 Å². The number of hydrogen-bond acceptors (Lipinski definition) is 5. The second-order valence-electron chi connectivity index (χ2n) is 7.05. The maximum atomic E-state index is 13.0. The summed E-state index contributed by atoms with van der Waals surface area (Å²) in [6.07, 6.45) is 0. The molecule has 1 heterocycles. The van der Waals surface area contributed by atoms with Gasteiger partial charge in [0.2, 0.25) is 10.0 Å². The maximum Gasteiger partial charge on any atom is 0.253 e. The van der Waals surface area contributed by atoms with Gasteiger partial charge in [-0.3, -0.25) is 4.79 Å². The van der Waals surface area contributed by atoms with Crippen LogP contribution in [0.15, 0.2) is 51.8 Å². The first-order valence-electron chi connectivity index (χ1n) is 9.61. The molecule has 30 heavy (non-hydrogen) atoms. The van der Waals surface area contributed by atoms with E-state index in [2.05, 4.69) is 15.9 Å². The molecule has 0 aromatic heterocycles. The van der Waals surface area contributed by atoms with Crippen LogP contribution in [0.4, 0.5) is 0 Å². The van der Waals surface area contributed by atoms with Gasteiger partial charge in [0.1, 0.15) is 12.4 Å². The summed E-state index contributed by atoms with van der Waals surface area (Å²) in [6, 6.07) is 12.3. The smallest absolute Gasteiger partial charge is 0.253 e. The number of amides is 1. The zero-order chi connectivity index (χ0) is 21.7. The summed E-state index contributed by atoms with van der Waals surface area (Å²) in [5, 5.41) is 0. The second kappa shape index (κ2) is 9.91. The number of sulfonamides is 1. The fraction of sp³-hybridized carbons (Fsp3) is 0.381. The SMILES string of the molecule is Cc1ccc(OCCN(C)C(=O)c2ccc(Br)c(S(=O)(=O)N3CCOCC3)c2)cc1. The molecule has 0 unspecified atom stereocenters. The molecule has 7 nitrogen and oxygen atoms in total. The Morgan fingerprint density at radius 3 is 2.50 bits per heavy atom. The predicted octanol–water partition coefficient (Wildman–Crippen LogP) is 2.93. The van der Waals surface area contributed by atoms with Crippen molar-refractivity contribution < 1.29 is 22.7 Å². The van der Waals surface area contributed by atoms with Crippen molar-refractivity contribution in [3.8, 4) is 5.75 Å². The van der Waals surface area contributed by atoms with Crippen LogP contribution in [0, 0.1) is 6.92 Å². The van der Waals surface area contributed by atoms with E-state index in [9.17, 15) is 13.2 Å². The average molecular weight is 497 g/mol. The molecule has 162 valence electrons. The highest BCUT2D eigenvalue weighted by molar-refractivity contribution is 9.10. The molecular weight excluding hydrogens is 472 g/mol. The third-order valence-corrected chi connectivity index (χ3v) is 7.72. The third kappa shape index (κ3) is 5.40. The lowest BCUT2D eigenvalue weighted by molar-refractivity contribution is 0.0729. The van der Waals surface area contributed by atoms with Crippen LogP contribution in [-0.4, -0.2) is 70.0 Å². The van der Waals surface area contributed by atoms with Gasteiger partial charge in [-0.25, -0.2) is 8.42 Å². The lowest BCUT2D eigenvalue weighted by atomic mass is 10.2. The molecule has 2 aromatic carbocycles. The molecule has 9 heteroatoms. The van der Waals surface area contributed by atoms with E-state index in [4.69, 9.17) is 9.47 Å². The molecule has 1 aliphatic heterocycles. The Balaban J connectivity index is 1.68. The van der Waals surface area contributed by atoms with Crippen LogP contribution >= 0.6 is 15.9 Å². The van der Waals surface area contributed by atoms with E-state index >= 15 is 0 Å². The van der Waals surface area contributed by atoms with Crippen molar-refractivity contribution in [3.05, 3.63) is 58.1 Å². The molecule has 1 aliphatic rings. The highest BCUT2D eigenvalue weighted by Gasteiger charge is 2.29. The first kappa shape index (κ1) is 22.7. The summed E-state index contributed by atoms with van der Waals surface area (Å²) in [6.45, 7) is 4.02. The van der Waals surface area contributed by atoms with Crippen LogP contribution in [0.5, 0.6) is 5.75 Å². The average Bonchev–Trinajstić information content (AvgIpc) is 2.75. The van der Waals surface area contributed by atoms with Gasteiger partial charge in [-0.2, -0.15) is 4.31 Å². The van der Waals surface area contributed by atoms with E-state index in [1.54, 1.807) is 19.2 Å². The van der Waals surface area contributed by atoms with E-state index in [1.165, 1.54) is 15.3 Å². The molecule has 1 amide bonds. The van der Waals surface area contributed by atoms with Crippen LogP contribution in [0.3, 0.4) is 0 Å². The van der Waals surface area contributed by atoms with E-state index in [0.717, 1.165) is 11.3 Å². The molecule has 0 spiro atoms. The second-order valence-corrected chi connectivity index (χ2v) is 9.81. The summed E-state index contributed by atoms with van der Waals surface area (Å²) in [4.78, 5) is 14.4. The Morgan fingerprint density at radius 1 is 1.17 bits per heavy atom. The van der Waals surface area contributed by atoms with Gasteiger partial charge >= 0.3 is 0 Å². The molecule has 0 saturated carbocycles. The summed E-state index contributed by atoms with van der Waals surface area (Å²) >= 11 is 3.31. The predicted molar refractivity (Wildman–Crippen MR) is 117 cm³/mol. The summed E-state index contributed by atoms with van der Waals surface area (Å²) in [5.41, 5.74) is 1.45. The largest absolute Gasteiger partial charge is 0.492 e. The zero-order valence-corrected chi connectivity index (χ0v) is 19.4. The van der Waals surface area contributed by atoms with E-state index in [0.29, 0.717) is 49.5 Å². The van der Waals surface area contributed by atoms with Gasteiger partial charge < -0.3 is 14.4 Å². The maximum absolute atomic E-state index is 13.0. The van der Waals surface area contributed by atoms with Gasteiger partial charge in [-0.15, -0.1) is 0 Å². The van der Waals surface area contributed by atoms with Gasteiger partial charge in [0.15, 0.2) is 0 Å². The van der Waals surface area contributed by atoms with Crippen molar-refractivity contribution in [1.82, 2.24) is 9.21 Å². The standard InChI is InChI=1S/C21H25BrN2O5S/c1-16-3-6-18(7-4-16)29-14-9-23(2)21(25)17-5-8-19(22)20(15-17)30(26,27)24-10-12-28-13-11-24/h3-8,15H,9-14H2,1-2H3. The topological polar surface area (TPSA) is 76.2 Å². The quantitative estimate of drug-likeness (QED) is 0.588. The van der Waals surface area contributed by atoms with Crippen LogP contribution in [0.1, 0.15) is 15.9 Å². The fourth-order valence-corrected chi connectivity index (χ4v) is 5.38. The molecular formula is C21H25BrN2O5S. The molecule has 0 atom stereocenters. The van der Waals surface area contributed by atoms with Gasteiger partial charge in [0, 0.05) is 30.2 Å². The third-order valence-electron chi connectivity index (χ3n) is 4.83. The summed E-state index contributed by atoms with van der Waals surface area (Å²) < 4.78 is 38.7. The Labute approximate surface area is 185 Å². The van der Waals surface area contributed by atoms with E-state index in [-0.39, 0.29) is 10.8 Å². The van der Waals surface area contributed by atoms with Crippen LogP contribution in [0.2, 0.25) is 0 Å². The molecule has 0 bridgehead atoms. The van der Waals surface area contributed by atoms with Crippen LogP contribution < -0.4 is 4.74 Å². The van der Waals surface area contributed by atoms with Gasteiger partial charge in [-0.1, -0.05) is 17.7 Å². The number of halogens is 1. The highest BCUT2D eigenvalue weighted by Crippen LogP contribution is 2.27. The van der Waals surface area contributed by atoms with Crippen molar-refractivity contribution in [3.63, 3.8) is 0 Å². The molecule has 2 aromatic rings. The van der Waals surface area contributed by atoms with Gasteiger partial charge in [0.05, 0.1) is 24.7 Å². The Hall–Kier alpha value is -1.94. The minimum Gasteiger partial charge on any atom is -0.492 e. The summed E-state index contributed by atoms with van der Waals surface area (Å²) in [5.74, 6) is 0.470. The zero-order valence-electron chi connectivity index (χ0n) is 17.0. The molecule has 3 rings (SSSR count). The van der Waals surface area contributed by atoms with Crippen molar-refractivity contribution in [2.24, 2.45) is 0 Å². The summed E-state index contributed by atoms with van der Waals surface area (Å²) in [7, 11) is -2.05. The minimum absolute atomic E-state index is 0.0829. The Kier molecular flexibility index (Phi) is 7.51. The monoisotopic (exact) mass is 496 g/mol. The minimum atomic E-state index is -3.72. The van der Waals surface area contributed by atoms with E-state index in [1.807, 2.05) is 31.2 Å². The first-order chi connectivity index (χ1) is 14.3. The lowest BCUT2D eigenvalue weighted by Gasteiger charge is -2.26. The van der Waals surface area contributed by atoms with Crippen LogP contribution in [0.25, 0.3) is 0 Å². The van der Waals surface area contributed by atoms with E-state index < -0.39 is 10.0 Å². The number of aryl methyl sites for hydroxylation is 1. The molecule has 1 fully saturated rings. The fourth-order valence-electron chi connectivity index (χ4n) is 3.02. The number of hydrogen-bond donors (Lipinski definition) is 0.